The zero-order valence-corrected chi connectivity index (χ0v) is 46.1. The predicted octanol–water partition coefficient (Wildman–Crippen LogP) is 4.02. The second-order valence-electron chi connectivity index (χ2n) is 16.9. The molecule has 4 bridgehead atoms. The highest BCUT2D eigenvalue weighted by atomic mass is 28.6. The van der Waals surface area contributed by atoms with Crippen LogP contribution in [0, 0.1) is 0 Å². The van der Waals surface area contributed by atoms with Crippen molar-refractivity contribution in [1.82, 2.24) is 0 Å². The minimum atomic E-state index is -3.84. The molecule has 0 aromatic rings. The van der Waals surface area contributed by atoms with E-state index in [0.29, 0.717) is 19.8 Å². The van der Waals surface area contributed by atoms with E-state index in [9.17, 15) is 0 Å². The van der Waals surface area contributed by atoms with Gasteiger partial charge in [0.05, 0.1) is 39.6 Å². The first-order valence-corrected chi connectivity index (χ1v) is 44.6. The number of aliphatic hydroxyl groups excluding tert-OH is 3. The van der Waals surface area contributed by atoms with Crippen molar-refractivity contribution in [2.24, 2.45) is 0 Å². The molecule has 3 aliphatic heterocycles. The van der Waals surface area contributed by atoms with Gasteiger partial charge >= 0.3 is 61.6 Å². The van der Waals surface area contributed by atoms with E-state index in [-0.39, 0.29) is 39.6 Å². The molecule has 0 aromatic carbocycles. The molecule has 3 aliphatic rings. The highest BCUT2D eigenvalue weighted by Crippen LogP contribution is 2.44. The molecule has 0 unspecified atom stereocenters. The maximum Gasteiger partial charge on any atom is 0.475 e. The van der Waals surface area contributed by atoms with Gasteiger partial charge in [0.2, 0.25) is 0 Å². The number of fused-ring (bicyclic) bond motifs is 3. The molecule has 3 rings (SSSR count). The molecule has 3 heterocycles. The van der Waals surface area contributed by atoms with Crippen molar-refractivity contribution in [2.75, 3.05) is 59.5 Å². The van der Waals surface area contributed by atoms with Gasteiger partial charge in [-0.2, -0.15) is 0 Å². The molecule has 0 amide bonds. The van der Waals surface area contributed by atoms with E-state index in [2.05, 4.69) is 39.3 Å². The third kappa shape index (κ3) is 17.3. The lowest BCUT2D eigenvalue weighted by Crippen LogP contribution is -2.81. The van der Waals surface area contributed by atoms with Gasteiger partial charge in [-0.25, -0.2) is 0 Å². The normalized spacial score (nSPS) is 35.8. The van der Waals surface area contributed by atoms with Crippen LogP contribution in [0.4, 0.5) is 0 Å². The largest absolute Gasteiger partial charge is 0.475 e. The van der Waals surface area contributed by atoms with Crippen molar-refractivity contribution in [3.63, 3.8) is 0 Å². The molecular weight excluding hydrogens is 905 g/mol. The molecule has 0 radical (unpaired) electrons. The van der Waals surface area contributed by atoms with Crippen LogP contribution in [0.5, 0.6) is 0 Å². The van der Waals surface area contributed by atoms with Crippen molar-refractivity contribution in [2.45, 2.75) is 123 Å². The fourth-order valence-electron chi connectivity index (χ4n) is 7.43. The van der Waals surface area contributed by atoms with Crippen LogP contribution in [0.2, 0.25) is 103 Å². The van der Waals surface area contributed by atoms with E-state index in [1.165, 1.54) is 0 Å². The molecule has 332 valence electrons. The number of rotatable bonds is 24. The maximum atomic E-state index is 9.16. The molecule has 0 saturated carbocycles. The smallest absolute Gasteiger partial charge is 0.417 e. The van der Waals surface area contributed by atoms with Gasteiger partial charge in [-0.1, -0.05) is 0 Å². The van der Waals surface area contributed by atoms with Gasteiger partial charge < -0.3 is 78.9 Å². The molecular formula is C28H72O18Si10. The Hall–Kier alpha value is 1.45. The summed E-state index contributed by atoms with van der Waals surface area (Å²) in [7, 11) is -34.2. The second kappa shape index (κ2) is 20.8. The van der Waals surface area contributed by atoms with Crippen LogP contribution in [0.3, 0.4) is 0 Å². The van der Waals surface area contributed by atoms with Crippen LogP contribution >= 0.6 is 0 Å². The van der Waals surface area contributed by atoms with E-state index >= 15 is 0 Å². The Morgan fingerprint density at radius 2 is 0.571 bits per heavy atom. The van der Waals surface area contributed by atoms with Crippen molar-refractivity contribution in [1.29, 1.82) is 0 Å². The molecule has 0 aromatic heterocycles. The zero-order chi connectivity index (χ0) is 42.2. The van der Waals surface area contributed by atoms with Gasteiger partial charge in [0.25, 0.3) is 0 Å². The lowest BCUT2D eigenvalue weighted by atomic mass is 10.5. The monoisotopic (exact) mass is 976 g/mol. The summed E-state index contributed by atoms with van der Waals surface area (Å²) in [6.45, 7) is 27.4. The average Bonchev–Trinajstić information content (AvgIpc) is 2.95. The molecule has 0 aliphatic carbocycles. The SMILES string of the molecule is C[Si](C)(CCCOCCO)O[Si]1(C)O[Si]2(C)O[Si](C)(O[Si](C)(C)CCCOCCO)O[Si]3(C)O[Si](C)(O[Si](C)(C)CCCOCCO)O[Si](C)(O1)O[Si](C)(O2)O3. The lowest BCUT2D eigenvalue weighted by molar-refractivity contribution is 0.0238. The van der Waals surface area contributed by atoms with Crippen molar-refractivity contribution >= 4 is 86.6 Å². The molecule has 56 heavy (non-hydrogen) atoms. The number of aliphatic hydroxyl groups is 3. The Labute approximate surface area is 345 Å². The summed E-state index contributed by atoms with van der Waals surface area (Å²) in [5.41, 5.74) is 0. The molecule has 3 N–H and O–H groups in total. The lowest BCUT2D eigenvalue weighted by Gasteiger charge is -2.56. The average molecular weight is 978 g/mol. The third-order valence-corrected chi connectivity index (χ3v) is 51.1. The Morgan fingerprint density at radius 3 is 0.786 bits per heavy atom. The second-order valence-corrected chi connectivity index (χ2v) is 50.8. The predicted molar refractivity (Wildman–Crippen MR) is 229 cm³/mol. The van der Waals surface area contributed by atoms with Crippen molar-refractivity contribution in [3.8, 4) is 0 Å². The summed E-state index contributed by atoms with van der Waals surface area (Å²) in [4.78, 5) is 0. The first kappa shape index (κ1) is 51.8. The van der Waals surface area contributed by atoms with Gasteiger partial charge in [-0.3, -0.25) is 0 Å². The summed E-state index contributed by atoms with van der Waals surface area (Å²) in [5.74, 6) is 0. The fraction of sp³-hybridized carbons (Fsp3) is 1.00. The summed E-state index contributed by atoms with van der Waals surface area (Å²) in [6.07, 6.45) is 2.18. The molecule has 0 spiro atoms. The van der Waals surface area contributed by atoms with Crippen molar-refractivity contribution < 1.29 is 78.9 Å². The maximum absolute atomic E-state index is 9.16. The van der Waals surface area contributed by atoms with E-state index in [4.69, 9.17) is 78.9 Å². The highest BCUT2D eigenvalue weighted by molar-refractivity contribution is 6.99. The summed E-state index contributed by atoms with van der Waals surface area (Å²) in [5, 5.41) is 27.5. The quantitative estimate of drug-likeness (QED) is 0.0925. The number of hydrogen-bond acceptors (Lipinski definition) is 18. The molecule has 18 nitrogen and oxygen atoms in total. The summed E-state index contributed by atoms with van der Waals surface area (Å²) >= 11 is 0. The molecule has 0 atom stereocenters. The van der Waals surface area contributed by atoms with E-state index in [1.54, 1.807) is 26.2 Å². The zero-order valence-electron chi connectivity index (χ0n) is 36.1. The fourth-order valence-corrected chi connectivity index (χ4v) is 59.3. The van der Waals surface area contributed by atoms with E-state index in [0.717, 1.165) is 37.4 Å². The first-order valence-electron chi connectivity index (χ1n) is 19.6. The van der Waals surface area contributed by atoms with Crippen LogP contribution < -0.4 is 0 Å². The first-order chi connectivity index (χ1) is 25.7. The number of ether oxygens (including phenoxy) is 3. The van der Waals surface area contributed by atoms with Crippen molar-refractivity contribution in [3.05, 3.63) is 0 Å². The highest BCUT2D eigenvalue weighted by Gasteiger charge is 2.73. The standard InChI is InChI=1S/C28H72O18Si10/c1-47(2,26-14-20-32-23-17-29)35-50(7)38-53(10)40-51(8,36-48(3,4)27-15-21-33-24-18-30)42-55(12)43-52(9,37-49(5,6)28-16-22-34-25-19-31)41-54(11,39-50)45-56(13,44-53)46-55/h29-31H,14-28H2,1-13H3. The van der Waals surface area contributed by atoms with Gasteiger partial charge in [0.15, 0.2) is 25.0 Å². The Bertz CT molecular complexity index is 1070. The summed E-state index contributed by atoms with van der Waals surface area (Å²) < 4.78 is 101. The van der Waals surface area contributed by atoms with Gasteiger partial charge in [-0.15, -0.1) is 0 Å². The Morgan fingerprint density at radius 1 is 0.357 bits per heavy atom. The van der Waals surface area contributed by atoms with Crippen LogP contribution in [-0.4, -0.2) is 161 Å². The van der Waals surface area contributed by atoms with Crippen LogP contribution in [0.15, 0.2) is 0 Å². The minimum Gasteiger partial charge on any atom is -0.417 e. The molecule has 28 heteroatoms. The van der Waals surface area contributed by atoms with Gasteiger partial charge in [0.1, 0.15) is 0 Å². The Kier molecular flexibility index (Phi) is 19.2. The van der Waals surface area contributed by atoms with Gasteiger partial charge in [-0.05, 0) is 76.7 Å². The minimum absolute atomic E-state index is 0.0350. The third-order valence-electron chi connectivity index (χ3n) is 8.63. The van der Waals surface area contributed by atoms with Crippen LogP contribution in [0.1, 0.15) is 19.3 Å². The number of hydrogen-bond donors (Lipinski definition) is 3. The molecule has 3 fully saturated rings. The summed E-state index contributed by atoms with van der Waals surface area (Å²) in [6, 6.07) is 2.19. The molecule has 3 saturated heterocycles. The van der Waals surface area contributed by atoms with Crippen LogP contribution in [0.25, 0.3) is 0 Å². The topological polar surface area (TPSA) is 199 Å². The van der Waals surface area contributed by atoms with E-state index < -0.39 is 86.6 Å². The Balaban J connectivity index is 2.09. The van der Waals surface area contributed by atoms with Gasteiger partial charge in [0, 0.05) is 65.6 Å². The van der Waals surface area contributed by atoms with E-state index in [1.807, 2.05) is 19.6 Å². The van der Waals surface area contributed by atoms with Crippen LogP contribution in [-0.2, 0) is 63.6 Å².